The number of carbonyl (C=O) groups is 3. The van der Waals surface area contributed by atoms with Crippen LogP contribution in [0, 0.1) is 0 Å². The minimum atomic E-state index is -1.51. The van der Waals surface area contributed by atoms with Crippen LogP contribution in [0.25, 0.3) is 0 Å². The van der Waals surface area contributed by atoms with Crippen LogP contribution in [0.1, 0.15) is 361 Å². The van der Waals surface area contributed by atoms with Crippen molar-refractivity contribution in [3.63, 3.8) is 0 Å². The Balaban J connectivity index is 4.04. The van der Waals surface area contributed by atoms with E-state index < -0.39 is 18.4 Å². The first kappa shape index (κ1) is 82.2. The number of carboxylic acids is 1. The molecule has 0 aromatic carbocycles. The van der Waals surface area contributed by atoms with E-state index in [0.29, 0.717) is 17.4 Å². The van der Waals surface area contributed by atoms with E-state index in [1.165, 1.54) is 283 Å². The first-order valence-electron chi connectivity index (χ1n) is 36.8. The maximum Gasteiger partial charge on any atom is 0.361 e. The zero-order valence-corrected chi connectivity index (χ0v) is 57.0. The molecule has 9 nitrogen and oxygen atoms in total. The van der Waals surface area contributed by atoms with Gasteiger partial charge in [-0.05, 0) is 77.0 Å². The third-order valence-electron chi connectivity index (χ3n) is 16.6. The summed E-state index contributed by atoms with van der Waals surface area (Å²) in [6.45, 7) is 4.92. The summed E-state index contributed by atoms with van der Waals surface area (Å²) in [5, 5.41) is 9.75. The normalized spacial score (nSPS) is 12.9. The third kappa shape index (κ3) is 68.6. The van der Waals surface area contributed by atoms with E-state index in [-0.39, 0.29) is 38.2 Å². The standard InChI is InChI=1S/C76H141NO8/c1-6-8-10-12-14-16-18-20-22-24-26-28-30-32-34-35-36-37-38-39-41-43-45-47-49-51-53-55-57-59-61-63-65-67-74(79)85-72(71-84-76(75(80)81)82-69-68-77(3,4)5)70-83-73(78)66-64-62-60-58-56-54-52-50-48-46-44-42-40-33-31-29-27-25-23-21-19-17-15-13-11-9-7-2/h18-21,24-27,72,76H,6-17,22-23,28-71H2,1-5H3/p+1/b20-18-,21-19-,26-24-,27-25-. The molecule has 0 aromatic heterocycles. The number of aliphatic carboxylic acids is 1. The van der Waals surface area contributed by atoms with Gasteiger partial charge in [-0.15, -0.1) is 0 Å². The number of rotatable bonds is 69. The molecule has 0 saturated carbocycles. The van der Waals surface area contributed by atoms with Crippen LogP contribution >= 0.6 is 0 Å². The molecule has 0 aliphatic carbocycles. The minimum Gasteiger partial charge on any atom is -0.477 e. The Kier molecular flexibility index (Phi) is 65.0. The topological polar surface area (TPSA) is 108 Å². The summed E-state index contributed by atoms with van der Waals surface area (Å²) in [5.41, 5.74) is 0. The van der Waals surface area contributed by atoms with E-state index in [2.05, 4.69) is 62.5 Å². The lowest BCUT2D eigenvalue weighted by Gasteiger charge is -2.25. The third-order valence-corrected chi connectivity index (χ3v) is 16.6. The summed E-state index contributed by atoms with van der Waals surface area (Å²) in [4.78, 5) is 37.7. The van der Waals surface area contributed by atoms with Gasteiger partial charge in [0.15, 0.2) is 6.10 Å². The predicted molar refractivity (Wildman–Crippen MR) is 364 cm³/mol. The zero-order valence-electron chi connectivity index (χ0n) is 57.0. The zero-order chi connectivity index (χ0) is 61.9. The van der Waals surface area contributed by atoms with Gasteiger partial charge in [0.05, 0.1) is 34.4 Å². The molecular formula is C76H142NO8+. The molecule has 0 fully saturated rings. The van der Waals surface area contributed by atoms with Crippen molar-refractivity contribution in [2.75, 3.05) is 47.5 Å². The van der Waals surface area contributed by atoms with Gasteiger partial charge in [0.2, 0.25) is 0 Å². The second kappa shape index (κ2) is 67.2. The number of carbonyl (C=O) groups excluding carboxylic acids is 2. The molecule has 0 aliphatic heterocycles. The fraction of sp³-hybridized carbons (Fsp3) is 0.855. The predicted octanol–water partition coefficient (Wildman–Crippen LogP) is 22.9. The van der Waals surface area contributed by atoms with Crippen molar-refractivity contribution in [2.45, 2.75) is 373 Å². The molecule has 0 bridgehead atoms. The van der Waals surface area contributed by atoms with Gasteiger partial charge in [-0.3, -0.25) is 9.59 Å². The molecule has 0 saturated heterocycles. The van der Waals surface area contributed by atoms with Crippen LogP contribution in [0.5, 0.6) is 0 Å². The van der Waals surface area contributed by atoms with Gasteiger partial charge in [-0.1, -0.05) is 319 Å². The lowest BCUT2D eigenvalue weighted by molar-refractivity contribution is -0.870. The molecule has 0 aliphatic rings. The van der Waals surface area contributed by atoms with E-state index in [1.54, 1.807) is 0 Å². The van der Waals surface area contributed by atoms with Crippen LogP contribution in [0.15, 0.2) is 48.6 Å². The highest BCUT2D eigenvalue weighted by atomic mass is 16.7. The molecular weight excluding hydrogens is 1050 g/mol. The number of unbranched alkanes of at least 4 members (excludes halogenated alkanes) is 46. The Labute approximate surface area is 527 Å². The molecule has 0 aromatic rings. The van der Waals surface area contributed by atoms with Crippen molar-refractivity contribution in [3.05, 3.63) is 48.6 Å². The Hall–Kier alpha value is -2.75. The number of hydrogen-bond donors (Lipinski definition) is 1. The van der Waals surface area contributed by atoms with E-state index in [9.17, 15) is 19.5 Å². The lowest BCUT2D eigenvalue weighted by Crippen LogP contribution is -2.40. The lowest BCUT2D eigenvalue weighted by atomic mass is 10.0. The highest BCUT2D eigenvalue weighted by Gasteiger charge is 2.25. The quantitative estimate of drug-likeness (QED) is 0.0211. The van der Waals surface area contributed by atoms with Gasteiger partial charge in [0.1, 0.15) is 13.2 Å². The number of allylic oxidation sites excluding steroid dienone is 8. The molecule has 9 heteroatoms. The second-order valence-corrected chi connectivity index (χ2v) is 26.3. The van der Waals surface area contributed by atoms with E-state index in [0.717, 1.165) is 51.4 Å². The van der Waals surface area contributed by atoms with Crippen LogP contribution < -0.4 is 0 Å². The Bertz CT molecular complexity index is 1530. The highest BCUT2D eigenvalue weighted by Crippen LogP contribution is 2.19. The molecule has 85 heavy (non-hydrogen) atoms. The largest absolute Gasteiger partial charge is 0.477 e. The summed E-state index contributed by atoms with van der Waals surface area (Å²) in [5.74, 6) is -1.98. The molecule has 2 unspecified atom stereocenters. The molecule has 0 radical (unpaired) electrons. The fourth-order valence-electron chi connectivity index (χ4n) is 10.9. The fourth-order valence-corrected chi connectivity index (χ4v) is 10.9. The molecule has 0 spiro atoms. The monoisotopic (exact) mass is 1200 g/mol. The second-order valence-electron chi connectivity index (χ2n) is 26.3. The number of carboxylic acid groups (broad SMARTS) is 1. The van der Waals surface area contributed by atoms with Gasteiger partial charge in [0.25, 0.3) is 6.29 Å². The summed E-state index contributed by atoms with van der Waals surface area (Å²) in [7, 11) is 5.99. The van der Waals surface area contributed by atoms with Crippen LogP contribution in [0.4, 0.5) is 0 Å². The van der Waals surface area contributed by atoms with Crippen molar-refractivity contribution in [1.82, 2.24) is 0 Å². The van der Waals surface area contributed by atoms with Gasteiger partial charge in [-0.25, -0.2) is 4.79 Å². The smallest absolute Gasteiger partial charge is 0.361 e. The molecule has 498 valence electrons. The molecule has 1 N–H and O–H groups in total. The number of hydrogen-bond acceptors (Lipinski definition) is 7. The van der Waals surface area contributed by atoms with Gasteiger partial charge < -0.3 is 28.5 Å². The summed E-state index contributed by atoms with van der Waals surface area (Å²) >= 11 is 0. The van der Waals surface area contributed by atoms with Crippen molar-refractivity contribution in [1.29, 1.82) is 0 Å². The first-order chi connectivity index (χ1) is 41.6. The summed E-state index contributed by atoms with van der Waals surface area (Å²) in [6, 6.07) is 0. The maximum atomic E-state index is 13.0. The summed E-state index contributed by atoms with van der Waals surface area (Å²) in [6.07, 6.45) is 83.8. The van der Waals surface area contributed by atoms with Crippen molar-refractivity contribution in [3.8, 4) is 0 Å². The Morgan fingerprint density at radius 1 is 0.353 bits per heavy atom. The van der Waals surface area contributed by atoms with Gasteiger partial charge >= 0.3 is 17.9 Å². The molecule has 2 atom stereocenters. The van der Waals surface area contributed by atoms with Crippen molar-refractivity contribution >= 4 is 17.9 Å². The van der Waals surface area contributed by atoms with Crippen LogP contribution in [-0.4, -0.2) is 87.4 Å². The Morgan fingerprint density at radius 2 is 0.635 bits per heavy atom. The average Bonchev–Trinajstić information content (AvgIpc) is 3.49. The van der Waals surface area contributed by atoms with Crippen molar-refractivity contribution < 1.29 is 42.9 Å². The van der Waals surface area contributed by atoms with E-state index >= 15 is 0 Å². The average molecular weight is 1200 g/mol. The van der Waals surface area contributed by atoms with Crippen LogP contribution in [-0.2, 0) is 33.3 Å². The molecule has 0 amide bonds. The first-order valence-corrected chi connectivity index (χ1v) is 36.8. The van der Waals surface area contributed by atoms with Gasteiger partial charge in [-0.2, -0.15) is 0 Å². The highest BCUT2D eigenvalue weighted by molar-refractivity contribution is 5.71. The summed E-state index contributed by atoms with van der Waals surface area (Å²) < 4.78 is 23.0. The molecule has 0 heterocycles. The Morgan fingerprint density at radius 3 is 0.929 bits per heavy atom. The number of ether oxygens (including phenoxy) is 4. The maximum absolute atomic E-state index is 13.0. The van der Waals surface area contributed by atoms with Crippen LogP contribution in [0.2, 0.25) is 0 Å². The number of nitrogens with zero attached hydrogens (tertiary/aromatic N) is 1. The molecule has 0 rings (SSSR count). The minimum absolute atomic E-state index is 0.178. The number of esters is 2. The SMILES string of the molecule is CCCCCCC/C=C\C/C=C\CCCCCCCCCCCCCCCCCCCCCCCC(=O)OC(COC(=O)CCCCCCCCCCCCCCCCC/C=C\C/C=C\CCCCCCC)COC(OCC[N+](C)(C)C)C(=O)O. The van der Waals surface area contributed by atoms with E-state index in [1.807, 2.05) is 21.1 Å². The van der Waals surface area contributed by atoms with Crippen molar-refractivity contribution in [2.24, 2.45) is 0 Å². The number of likely N-dealkylation sites (N-methyl/N-ethyl adjacent to an activating group) is 1. The van der Waals surface area contributed by atoms with Crippen LogP contribution in [0.3, 0.4) is 0 Å². The van der Waals surface area contributed by atoms with E-state index in [4.69, 9.17) is 18.9 Å². The number of quaternary nitrogens is 1. The van der Waals surface area contributed by atoms with Gasteiger partial charge in [0, 0.05) is 12.8 Å².